The lowest BCUT2D eigenvalue weighted by Gasteiger charge is -2.24. The van der Waals surface area contributed by atoms with Gasteiger partial charge in [-0.3, -0.25) is 4.79 Å². The predicted octanol–water partition coefficient (Wildman–Crippen LogP) is -0.393. The number of amides is 1. The van der Waals surface area contributed by atoms with E-state index in [1.807, 2.05) is 0 Å². The van der Waals surface area contributed by atoms with Crippen LogP contribution in [-0.4, -0.2) is 26.9 Å². The highest BCUT2D eigenvalue weighted by molar-refractivity contribution is 7.89. The van der Waals surface area contributed by atoms with Crippen LogP contribution < -0.4 is 21.5 Å². The minimum Gasteiger partial charge on any atom is -0.397 e. The number of primary sulfonamides is 1. The Morgan fingerprint density at radius 1 is 1.37 bits per heavy atom. The van der Waals surface area contributed by atoms with Crippen LogP contribution in [0.5, 0.6) is 0 Å². The van der Waals surface area contributed by atoms with Crippen molar-refractivity contribution in [2.75, 3.05) is 17.6 Å². The first-order valence-electron chi connectivity index (χ1n) is 5.84. The highest BCUT2D eigenvalue weighted by atomic mass is 32.2. The molecule has 1 unspecified atom stereocenters. The Morgan fingerprint density at radius 2 is 2.11 bits per heavy atom. The maximum absolute atomic E-state index is 11.6. The van der Waals surface area contributed by atoms with Gasteiger partial charge in [0.25, 0.3) is 0 Å². The normalized spacial score (nSPS) is 19.8. The Kier molecular flexibility index (Phi) is 3.63. The van der Waals surface area contributed by atoms with Crippen molar-refractivity contribution in [1.82, 2.24) is 5.32 Å². The number of benzene rings is 1. The molecule has 0 bridgehead atoms. The van der Waals surface area contributed by atoms with E-state index < -0.39 is 16.1 Å². The molecule has 1 amide bonds. The van der Waals surface area contributed by atoms with E-state index in [1.54, 1.807) is 0 Å². The SMILES string of the molecule is Nc1ccc(S(N)(=O)=O)cc1NC1CCCNC1=O. The zero-order chi connectivity index (χ0) is 14.0. The summed E-state index contributed by atoms with van der Waals surface area (Å²) >= 11 is 0. The first-order valence-corrected chi connectivity index (χ1v) is 7.39. The van der Waals surface area contributed by atoms with E-state index in [4.69, 9.17) is 10.9 Å². The van der Waals surface area contributed by atoms with Gasteiger partial charge in [-0.2, -0.15) is 0 Å². The summed E-state index contributed by atoms with van der Waals surface area (Å²) in [4.78, 5) is 11.6. The molecule has 0 spiro atoms. The topological polar surface area (TPSA) is 127 Å². The van der Waals surface area contributed by atoms with Gasteiger partial charge in [-0.15, -0.1) is 0 Å². The monoisotopic (exact) mass is 284 g/mol. The molecule has 1 atom stereocenters. The molecule has 2 rings (SSSR count). The van der Waals surface area contributed by atoms with Crippen molar-refractivity contribution in [2.24, 2.45) is 5.14 Å². The fraction of sp³-hybridized carbons (Fsp3) is 0.364. The second-order valence-electron chi connectivity index (χ2n) is 4.42. The fourth-order valence-electron chi connectivity index (χ4n) is 1.93. The maximum atomic E-state index is 11.6. The summed E-state index contributed by atoms with van der Waals surface area (Å²) in [5, 5.41) is 10.7. The van der Waals surface area contributed by atoms with Crippen LogP contribution in [0.15, 0.2) is 23.1 Å². The van der Waals surface area contributed by atoms with Crippen molar-refractivity contribution in [3.05, 3.63) is 18.2 Å². The molecule has 1 aliphatic rings. The van der Waals surface area contributed by atoms with E-state index in [0.29, 0.717) is 24.3 Å². The molecule has 0 aliphatic carbocycles. The minimum absolute atomic E-state index is 0.0413. The van der Waals surface area contributed by atoms with Gasteiger partial charge in [0.1, 0.15) is 6.04 Å². The number of nitrogens with one attached hydrogen (secondary N) is 2. The summed E-state index contributed by atoms with van der Waals surface area (Å²) in [5.74, 6) is -0.119. The smallest absolute Gasteiger partial charge is 0.242 e. The van der Waals surface area contributed by atoms with Gasteiger partial charge >= 0.3 is 0 Å². The highest BCUT2D eigenvalue weighted by Gasteiger charge is 2.22. The molecule has 1 heterocycles. The zero-order valence-electron chi connectivity index (χ0n) is 10.2. The summed E-state index contributed by atoms with van der Waals surface area (Å²) in [7, 11) is -3.79. The summed E-state index contributed by atoms with van der Waals surface area (Å²) in [5.41, 5.74) is 6.53. The van der Waals surface area contributed by atoms with E-state index in [9.17, 15) is 13.2 Å². The Hall–Kier alpha value is -1.80. The van der Waals surface area contributed by atoms with E-state index in [0.717, 1.165) is 6.42 Å². The number of piperidine rings is 1. The van der Waals surface area contributed by atoms with Crippen molar-refractivity contribution >= 4 is 27.3 Å². The standard InChI is InChI=1S/C11H16N4O3S/c12-8-4-3-7(19(13,17)18)6-10(8)15-9-2-1-5-14-11(9)16/h3-4,6,9,15H,1-2,5,12H2,(H,14,16)(H2,13,17,18). The number of carbonyl (C=O) groups excluding carboxylic acids is 1. The lowest BCUT2D eigenvalue weighted by Crippen LogP contribution is -2.44. The van der Waals surface area contributed by atoms with Gasteiger partial charge in [-0.1, -0.05) is 0 Å². The Balaban J connectivity index is 2.26. The molecule has 8 heteroatoms. The molecular weight excluding hydrogens is 268 g/mol. The second kappa shape index (κ2) is 5.06. The van der Waals surface area contributed by atoms with Crippen LogP contribution in [0.3, 0.4) is 0 Å². The third kappa shape index (κ3) is 3.15. The van der Waals surface area contributed by atoms with Crippen LogP contribution in [0.25, 0.3) is 0 Å². The number of nitrogen functional groups attached to an aromatic ring is 1. The lowest BCUT2D eigenvalue weighted by molar-refractivity contribution is -0.123. The van der Waals surface area contributed by atoms with Gasteiger partial charge in [0.15, 0.2) is 0 Å². The predicted molar refractivity (Wildman–Crippen MR) is 71.9 cm³/mol. The molecule has 1 aromatic carbocycles. The van der Waals surface area contributed by atoms with Gasteiger partial charge in [-0.25, -0.2) is 13.6 Å². The average molecular weight is 284 g/mol. The van der Waals surface area contributed by atoms with Crippen molar-refractivity contribution in [3.8, 4) is 0 Å². The third-order valence-corrected chi connectivity index (χ3v) is 3.88. The minimum atomic E-state index is -3.79. The van der Waals surface area contributed by atoms with Gasteiger partial charge in [0, 0.05) is 6.54 Å². The molecule has 1 fully saturated rings. The Morgan fingerprint density at radius 3 is 2.74 bits per heavy atom. The van der Waals surface area contributed by atoms with Crippen molar-refractivity contribution < 1.29 is 13.2 Å². The second-order valence-corrected chi connectivity index (χ2v) is 5.99. The summed E-state index contributed by atoms with van der Waals surface area (Å²) in [6.07, 6.45) is 1.53. The molecule has 104 valence electrons. The average Bonchev–Trinajstić information content (AvgIpc) is 2.33. The largest absolute Gasteiger partial charge is 0.397 e. The molecule has 1 aromatic rings. The van der Waals surface area contributed by atoms with E-state index in [-0.39, 0.29) is 10.8 Å². The summed E-state index contributed by atoms with van der Waals surface area (Å²) in [6, 6.07) is 3.71. The number of hydrogen-bond donors (Lipinski definition) is 4. The molecular formula is C11H16N4O3S. The molecule has 1 aliphatic heterocycles. The molecule has 19 heavy (non-hydrogen) atoms. The van der Waals surface area contributed by atoms with Crippen LogP contribution in [0.2, 0.25) is 0 Å². The van der Waals surface area contributed by atoms with Crippen molar-refractivity contribution in [1.29, 1.82) is 0 Å². The van der Waals surface area contributed by atoms with Crippen molar-refractivity contribution in [3.63, 3.8) is 0 Å². The van der Waals surface area contributed by atoms with Crippen LogP contribution in [0.4, 0.5) is 11.4 Å². The van der Waals surface area contributed by atoms with Crippen LogP contribution in [-0.2, 0) is 14.8 Å². The quantitative estimate of drug-likeness (QED) is 0.562. The number of carbonyl (C=O) groups is 1. The molecule has 0 aromatic heterocycles. The number of nitrogens with two attached hydrogens (primary N) is 2. The molecule has 6 N–H and O–H groups in total. The maximum Gasteiger partial charge on any atom is 0.242 e. The van der Waals surface area contributed by atoms with Gasteiger partial charge < -0.3 is 16.4 Å². The molecule has 7 nitrogen and oxygen atoms in total. The van der Waals surface area contributed by atoms with Crippen molar-refractivity contribution in [2.45, 2.75) is 23.8 Å². The molecule has 1 saturated heterocycles. The van der Waals surface area contributed by atoms with Gasteiger partial charge in [0.05, 0.1) is 16.3 Å². The fourth-order valence-corrected chi connectivity index (χ4v) is 2.47. The number of sulfonamides is 1. The van der Waals surface area contributed by atoms with Crippen LogP contribution in [0.1, 0.15) is 12.8 Å². The number of anilines is 2. The number of hydrogen-bond acceptors (Lipinski definition) is 5. The highest BCUT2D eigenvalue weighted by Crippen LogP contribution is 2.24. The van der Waals surface area contributed by atoms with E-state index in [1.165, 1.54) is 18.2 Å². The first-order chi connectivity index (χ1) is 8.88. The number of rotatable bonds is 3. The Labute approximate surface area is 111 Å². The van der Waals surface area contributed by atoms with Crippen LogP contribution >= 0.6 is 0 Å². The molecule has 0 saturated carbocycles. The van der Waals surface area contributed by atoms with Crippen LogP contribution in [0, 0.1) is 0 Å². The molecule has 0 radical (unpaired) electrons. The van der Waals surface area contributed by atoms with E-state index in [2.05, 4.69) is 10.6 Å². The Bertz CT molecular complexity index is 600. The van der Waals surface area contributed by atoms with E-state index >= 15 is 0 Å². The third-order valence-electron chi connectivity index (χ3n) is 2.97. The van der Waals surface area contributed by atoms with Gasteiger partial charge in [-0.05, 0) is 31.0 Å². The summed E-state index contributed by atoms with van der Waals surface area (Å²) < 4.78 is 22.6. The summed E-state index contributed by atoms with van der Waals surface area (Å²) in [6.45, 7) is 0.656. The van der Waals surface area contributed by atoms with Gasteiger partial charge in [0.2, 0.25) is 15.9 Å². The zero-order valence-corrected chi connectivity index (χ0v) is 11.0. The lowest BCUT2D eigenvalue weighted by atomic mass is 10.1. The first kappa shape index (κ1) is 13.6.